The van der Waals surface area contributed by atoms with Crippen LogP contribution in [0.3, 0.4) is 0 Å². The zero-order chi connectivity index (χ0) is 18.5. The van der Waals surface area contributed by atoms with Gasteiger partial charge >= 0.3 is 7.75 Å². The maximum atomic E-state index is 11.9. The van der Waals surface area contributed by atoms with Crippen LogP contribution in [0.4, 0.5) is 5.69 Å². The van der Waals surface area contributed by atoms with Gasteiger partial charge in [0.25, 0.3) is 0 Å². The average Bonchev–Trinajstić information content (AvgIpc) is 2.56. The molecule has 0 saturated carbocycles. The van der Waals surface area contributed by atoms with Crippen molar-refractivity contribution in [1.82, 2.24) is 0 Å². The minimum absolute atomic E-state index is 0.169. The fourth-order valence-electron chi connectivity index (χ4n) is 3.29. The van der Waals surface area contributed by atoms with Gasteiger partial charge in [0.15, 0.2) is 0 Å². The van der Waals surface area contributed by atoms with Crippen LogP contribution >= 0.6 is 7.75 Å². The number of rotatable bonds is 14. The van der Waals surface area contributed by atoms with Gasteiger partial charge in [-0.15, -0.1) is 0 Å². The summed E-state index contributed by atoms with van der Waals surface area (Å²) in [7, 11) is -4.30. The Hall–Kier alpha value is -0.830. The highest BCUT2D eigenvalue weighted by Gasteiger charge is 2.30. The van der Waals surface area contributed by atoms with Crippen LogP contribution in [0.1, 0.15) is 84.5 Å². The summed E-state index contributed by atoms with van der Waals surface area (Å²) in [5.41, 5.74) is 0.593. The molecule has 0 heterocycles. The number of nitrogens with zero attached hydrogens (tertiary/aromatic N) is 1. The summed E-state index contributed by atoms with van der Waals surface area (Å²) in [6, 6.07) is 8.82. The number of hydrogen-bond acceptors (Lipinski definition) is 1. The first-order valence-corrected chi connectivity index (χ1v) is 11.4. The first-order valence-electron chi connectivity index (χ1n) is 9.87. The van der Waals surface area contributed by atoms with Crippen LogP contribution in [-0.4, -0.2) is 15.8 Å². The average molecular weight is 369 g/mol. The molecule has 4 nitrogen and oxygen atoms in total. The second kappa shape index (κ2) is 12.5. The summed E-state index contributed by atoms with van der Waals surface area (Å²) >= 11 is 0. The minimum atomic E-state index is -4.30. The van der Waals surface area contributed by atoms with Gasteiger partial charge in [-0.25, -0.2) is 4.57 Å². The van der Waals surface area contributed by atoms with E-state index in [0.29, 0.717) is 5.69 Å². The molecule has 0 fully saturated rings. The first kappa shape index (κ1) is 22.2. The number of anilines is 1. The van der Waals surface area contributed by atoms with Crippen LogP contribution in [0.25, 0.3) is 0 Å². The van der Waals surface area contributed by atoms with Gasteiger partial charge in [0.05, 0.1) is 0 Å². The van der Waals surface area contributed by atoms with Gasteiger partial charge in [0, 0.05) is 11.7 Å². The van der Waals surface area contributed by atoms with E-state index < -0.39 is 7.75 Å². The third kappa shape index (κ3) is 9.44. The SMILES string of the molecule is CCCCCCCCCCCCC(C)N(c1ccccc1)P(=O)(O)O. The van der Waals surface area contributed by atoms with E-state index in [1.807, 2.05) is 25.1 Å². The maximum Gasteiger partial charge on any atom is 0.430 e. The third-order valence-electron chi connectivity index (χ3n) is 4.69. The van der Waals surface area contributed by atoms with Crippen molar-refractivity contribution in [1.29, 1.82) is 0 Å². The molecule has 0 aliphatic rings. The summed E-state index contributed by atoms with van der Waals surface area (Å²) in [5, 5.41) is 0. The largest absolute Gasteiger partial charge is 0.430 e. The number of benzene rings is 1. The Kier molecular flexibility index (Phi) is 11.1. The Morgan fingerprint density at radius 3 is 1.84 bits per heavy atom. The molecule has 1 rings (SSSR count). The van der Waals surface area contributed by atoms with Gasteiger partial charge in [0.2, 0.25) is 0 Å². The Morgan fingerprint density at radius 1 is 0.880 bits per heavy atom. The monoisotopic (exact) mass is 369 g/mol. The van der Waals surface area contributed by atoms with Gasteiger partial charge in [-0.1, -0.05) is 89.3 Å². The van der Waals surface area contributed by atoms with Crippen LogP contribution in [0.2, 0.25) is 0 Å². The Balaban J connectivity index is 2.25. The zero-order valence-corrected chi connectivity index (χ0v) is 16.8. The normalized spacial score (nSPS) is 13.0. The molecule has 0 aliphatic heterocycles. The quantitative estimate of drug-likeness (QED) is 0.299. The molecule has 25 heavy (non-hydrogen) atoms. The molecule has 0 aromatic heterocycles. The predicted octanol–water partition coefficient (Wildman–Crippen LogP) is 6.29. The van der Waals surface area contributed by atoms with E-state index in [-0.39, 0.29) is 6.04 Å². The van der Waals surface area contributed by atoms with Crippen molar-refractivity contribution >= 4 is 13.4 Å². The molecular weight excluding hydrogens is 333 g/mol. The lowest BCUT2D eigenvalue weighted by atomic mass is 10.0. The number of para-hydroxylation sites is 1. The van der Waals surface area contributed by atoms with E-state index >= 15 is 0 Å². The van der Waals surface area contributed by atoms with E-state index in [2.05, 4.69) is 6.92 Å². The van der Waals surface area contributed by atoms with Gasteiger partial charge in [-0.2, -0.15) is 0 Å². The molecule has 5 heteroatoms. The molecule has 2 N–H and O–H groups in total. The molecule has 0 aliphatic carbocycles. The summed E-state index contributed by atoms with van der Waals surface area (Å²) in [6.45, 7) is 4.15. The van der Waals surface area contributed by atoms with Crippen LogP contribution < -0.4 is 4.67 Å². The lowest BCUT2D eigenvalue weighted by molar-refractivity contribution is 0.360. The standard InChI is InChI=1S/C20H36NO3P/c1-3-4-5-6-7-8-9-10-11-13-16-19(2)21(25(22,23)24)20-17-14-12-15-18-20/h12,14-15,17-19H,3-11,13,16H2,1-2H3,(H2,22,23,24). The molecular formula is C20H36NO3P. The van der Waals surface area contributed by atoms with Gasteiger partial charge in [-0.3, -0.25) is 4.67 Å². The Labute approximate surface area is 153 Å². The van der Waals surface area contributed by atoms with Crippen molar-refractivity contribution < 1.29 is 14.4 Å². The number of unbranched alkanes of at least 4 members (excludes halogenated alkanes) is 9. The molecule has 1 atom stereocenters. The topological polar surface area (TPSA) is 60.8 Å². The summed E-state index contributed by atoms with van der Waals surface area (Å²) in [6.07, 6.45) is 13.5. The molecule has 144 valence electrons. The van der Waals surface area contributed by atoms with Crippen molar-refractivity contribution in [2.75, 3.05) is 4.67 Å². The molecule has 1 unspecified atom stereocenters. The zero-order valence-electron chi connectivity index (χ0n) is 15.9. The first-order chi connectivity index (χ1) is 12.0. The van der Waals surface area contributed by atoms with E-state index in [4.69, 9.17) is 0 Å². The van der Waals surface area contributed by atoms with E-state index in [1.165, 1.54) is 56.0 Å². The molecule has 1 aromatic rings. The minimum Gasteiger partial charge on any atom is -0.308 e. The van der Waals surface area contributed by atoms with Crippen LogP contribution in [0.5, 0.6) is 0 Å². The van der Waals surface area contributed by atoms with Crippen molar-refractivity contribution in [2.24, 2.45) is 0 Å². The summed E-state index contributed by atoms with van der Waals surface area (Å²) in [5.74, 6) is 0. The van der Waals surface area contributed by atoms with E-state index in [9.17, 15) is 14.4 Å². The highest BCUT2D eigenvalue weighted by atomic mass is 31.2. The van der Waals surface area contributed by atoms with Crippen molar-refractivity contribution in [3.63, 3.8) is 0 Å². The lowest BCUT2D eigenvalue weighted by Crippen LogP contribution is -2.29. The van der Waals surface area contributed by atoms with Gasteiger partial charge < -0.3 is 9.79 Å². The highest BCUT2D eigenvalue weighted by Crippen LogP contribution is 2.46. The molecule has 0 bridgehead atoms. The highest BCUT2D eigenvalue weighted by molar-refractivity contribution is 7.53. The summed E-state index contributed by atoms with van der Waals surface area (Å²) in [4.78, 5) is 19.4. The van der Waals surface area contributed by atoms with E-state index in [1.54, 1.807) is 12.1 Å². The Bertz CT molecular complexity index is 489. The molecule has 0 saturated heterocycles. The molecule has 1 aromatic carbocycles. The van der Waals surface area contributed by atoms with Gasteiger partial charge in [0.1, 0.15) is 0 Å². The smallest absolute Gasteiger partial charge is 0.308 e. The van der Waals surface area contributed by atoms with Crippen LogP contribution in [0, 0.1) is 0 Å². The van der Waals surface area contributed by atoms with Crippen LogP contribution in [0.15, 0.2) is 30.3 Å². The summed E-state index contributed by atoms with van der Waals surface area (Å²) < 4.78 is 13.1. The molecule has 0 spiro atoms. The maximum absolute atomic E-state index is 11.9. The van der Waals surface area contributed by atoms with Gasteiger partial charge in [-0.05, 0) is 25.5 Å². The van der Waals surface area contributed by atoms with Crippen molar-refractivity contribution in [3.05, 3.63) is 30.3 Å². The lowest BCUT2D eigenvalue weighted by Gasteiger charge is -2.31. The van der Waals surface area contributed by atoms with Crippen molar-refractivity contribution in [2.45, 2.75) is 90.5 Å². The van der Waals surface area contributed by atoms with Crippen LogP contribution in [-0.2, 0) is 4.57 Å². The second-order valence-corrected chi connectivity index (χ2v) is 8.47. The predicted molar refractivity (Wildman–Crippen MR) is 107 cm³/mol. The molecule has 0 radical (unpaired) electrons. The molecule has 0 amide bonds. The number of hydrogen-bond donors (Lipinski definition) is 2. The fourth-order valence-corrected chi connectivity index (χ4v) is 4.36. The second-order valence-electron chi connectivity index (χ2n) is 7.01. The Morgan fingerprint density at radius 2 is 1.36 bits per heavy atom. The third-order valence-corrected chi connectivity index (χ3v) is 5.88. The van der Waals surface area contributed by atoms with E-state index in [0.717, 1.165) is 19.3 Å². The fraction of sp³-hybridized carbons (Fsp3) is 0.700. The van der Waals surface area contributed by atoms with Crippen molar-refractivity contribution in [3.8, 4) is 0 Å².